The predicted octanol–water partition coefficient (Wildman–Crippen LogP) is 5.26. The van der Waals surface area contributed by atoms with Crippen molar-refractivity contribution < 1.29 is 24.8 Å². The average molecular weight is 429 g/mol. The lowest BCUT2D eigenvalue weighted by Gasteiger charge is -2.20. The number of ether oxygens (including phenoxy) is 2. The highest BCUT2D eigenvalue weighted by molar-refractivity contribution is 4.88. The van der Waals surface area contributed by atoms with Crippen molar-refractivity contribution in [1.29, 1.82) is 0 Å². The van der Waals surface area contributed by atoms with E-state index in [1.165, 1.54) is 89.9 Å². The summed E-state index contributed by atoms with van der Waals surface area (Å²) in [5.74, 6) is 0. The Kier molecular flexibility index (Phi) is 17.4. The van der Waals surface area contributed by atoms with Gasteiger partial charge in [-0.25, -0.2) is 0 Å². The molecule has 1 fully saturated rings. The SMILES string of the molecule is CCCCCCCCCCCCCCCCC/C=C/OC[C@H](O)[C@H]1OC[C@@H](O)[C@H]1O. The molecule has 0 aromatic carbocycles. The van der Waals surface area contributed by atoms with E-state index in [-0.39, 0.29) is 13.2 Å². The van der Waals surface area contributed by atoms with Gasteiger partial charge in [-0.15, -0.1) is 0 Å². The zero-order valence-corrected chi connectivity index (χ0v) is 19.4. The summed E-state index contributed by atoms with van der Waals surface area (Å²) in [5.41, 5.74) is 0. The highest BCUT2D eigenvalue weighted by Crippen LogP contribution is 2.18. The lowest BCUT2D eigenvalue weighted by molar-refractivity contribution is -0.0703. The molecule has 5 nitrogen and oxygen atoms in total. The molecule has 30 heavy (non-hydrogen) atoms. The molecule has 1 saturated heterocycles. The van der Waals surface area contributed by atoms with E-state index in [0.717, 1.165) is 12.8 Å². The fourth-order valence-electron chi connectivity index (χ4n) is 3.98. The Bertz CT molecular complexity index is 401. The van der Waals surface area contributed by atoms with Crippen LogP contribution in [0.25, 0.3) is 0 Å². The summed E-state index contributed by atoms with van der Waals surface area (Å²) in [7, 11) is 0. The van der Waals surface area contributed by atoms with Crippen LogP contribution in [0, 0.1) is 0 Å². The number of hydrogen-bond acceptors (Lipinski definition) is 5. The van der Waals surface area contributed by atoms with Crippen molar-refractivity contribution in [3.63, 3.8) is 0 Å². The summed E-state index contributed by atoms with van der Waals surface area (Å²) < 4.78 is 10.5. The molecule has 0 unspecified atom stereocenters. The molecular formula is C25H48O5. The Morgan fingerprint density at radius 2 is 1.33 bits per heavy atom. The molecule has 1 aliphatic rings. The van der Waals surface area contributed by atoms with E-state index >= 15 is 0 Å². The van der Waals surface area contributed by atoms with E-state index in [0.29, 0.717) is 0 Å². The third-order valence-electron chi connectivity index (χ3n) is 6.00. The molecule has 0 aromatic heterocycles. The quantitative estimate of drug-likeness (QED) is 0.182. The molecule has 0 saturated carbocycles. The second-order valence-corrected chi connectivity index (χ2v) is 8.87. The Morgan fingerprint density at radius 3 is 1.80 bits per heavy atom. The first-order valence-corrected chi connectivity index (χ1v) is 12.6. The molecular weight excluding hydrogens is 380 g/mol. The fourth-order valence-corrected chi connectivity index (χ4v) is 3.98. The van der Waals surface area contributed by atoms with Gasteiger partial charge in [-0.2, -0.15) is 0 Å². The van der Waals surface area contributed by atoms with Crippen molar-refractivity contribution in [1.82, 2.24) is 0 Å². The molecule has 4 atom stereocenters. The van der Waals surface area contributed by atoms with E-state index in [1.54, 1.807) is 6.26 Å². The number of allylic oxidation sites excluding steroid dienone is 1. The number of hydrogen-bond donors (Lipinski definition) is 3. The predicted molar refractivity (Wildman–Crippen MR) is 122 cm³/mol. The van der Waals surface area contributed by atoms with Gasteiger partial charge < -0.3 is 24.8 Å². The van der Waals surface area contributed by atoms with Gasteiger partial charge in [-0.3, -0.25) is 0 Å². The fraction of sp³-hybridized carbons (Fsp3) is 0.920. The molecule has 1 rings (SSSR count). The molecule has 1 aliphatic heterocycles. The number of aliphatic hydroxyl groups excluding tert-OH is 3. The van der Waals surface area contributed by atoms with E-state index in [1.807, 2.05) is 6.08 Å². The Labute approximate surface area is 184 Å². The van der Waals surface area contributed by atoms with Crippen LogP contribution in [0.3, 0.4) is 0 Å². The highest BCUT2D eigenvalue weighted by Gasteiger charge is 2.39. The lowest BCUT2D eigenvalue weighted by atomic mass is 10.0. The summed E-state index contributed by atoms with van der Waals surface area (Å²) in [6.07, 6.45) is 21.4. The maximum atomic E-state index is 9.93. The van der Waals surface area contributed by atoms with E-state index in [4.69, 9.17) is 9.47 Å². The largest absolute Gasteiger partial charge is 0.499 e. The molecule has 0 aromatic rings. The van der Waals surface area contributed by atoms with Crippen LogP contribution >= 0.6 is 0 Å². The summed E-state index contributed by atoms with van der Waals surface area (Å²) in [5, 5.41) is 29.0. The van der Waals surface area contributed by atoms with Gasteiger partial charge in [0, 0.05) is 0 Å². The van der Waals surface area contributed by atoms with Crippen molar-refractivity contribution in [2.45, 2.75) is 134 Å². The van der Waals surface area contributed by atoms with Gasteiger partial charge in [0.1, 0.15) is 31.0 Å². The van der Waals surface area contributed by atoms with E-state index < -0.39 is 24.4 Å². The topological polar surface area (TPSA) is 79.2 Å². The molecule has 3 N–H and O–H groups in total. The van der Waals surface area contributed by atoms with Crippen molar-refractivity contribution in [2.75, 3.05) is 13.2 Å². The van der Waals surface area contributed by atoms with Crippen molar-refractivity contribution in [3.8, 4) is 0 Å². The van der Waals surface area contributed by atoms with Gasteiger partial charge in [0.25, 0.3) is 0 Å². The molecule has 1 heterocycles. The number of unbranched alkanes of at least 4 members (excludes halogenated alkanes) is 15. The second-order valence-electron chi connectivity index (χ2n) is 8.87. The van der Waals surface area contributed by atoms with Gasteiger partial charge in [-0.1, -0.05) is 96.8 Å². The van der Waals surface area contributed by atoms with E-state index in [9.17, 15) is 15.3 Å². The Morgan fingerprint density at radius 1 is 0.833 bits per heavy atom. The Hall–Kier alpha value is -0.620. The molecule has 0 bridgehead atoms. The van der Waals surface area contributed by atoms with Gasteiger partial charge >= 0.3 is 0 Å². The van der Waals surface area contributed by atoms with Gasteiger partial charge in [0.05, 0.1) is 12.9 Å². The summed E-state index contributed by atoms with van der Waals surface area (Å²) in [6, 6.07) is 0. The Balaban J connectivity index is 1.78. The minimum atomic E-state index is -1.05. The van der Waals surface area contributed by atoms with Gasteiger partial charge in [0.15, 0.2) is 0 Å². The first-order valence-electron chi connectivity index (χ1n) is 12.6. The zero-order valence-electron chi connectivity index (χ0n) is 19.4. The van der Waals surface area contributed by atoms with Crippen LogP contribution in [0.1, 0.15) is 110 Å². The van der Waals surface area contributed by atoms with Crippen LogP contribution < -0.4 is 0 Å². The number of rotatable bonds is 20. The van der Waals surface area contributed by atoms with Crippen molar-refractivity contribution >= 4 is 0 Å². The van der Waals surface area contributed by atoms with Crippen LogP contribution in [-0.4, -0.2) is 52.9 Å². The van der Waals surface area contributed by atoms with E-state index in [2.05, 4.69) is 6.92 Å². The summed E-state index contributed by atoms with van der Waals surface area (Å²) in [6.45, 7) is 2.39. The third kappa shape index (κ3) is 13.6. The first-order chi connectivity index (χ1) is 14.7. The standard InChI is InChI=1S/C25H48O5/c1-2-3-4-5-6-7-8-9-10-11-12-13-14-15-16-17-18-19-29-20-23(27)25-24(28)22(26)21-30-25/h18-19,22-28H,2-17,20-21H2,1H3/b19-18+/t22-,23+,24-,25-/m1/s1. The van der Waals surface area contributed by atoms with Crippen molar-refractivity contribution in [2.24, 2.45) is 0 Å². The maximum Gasteiger partial charge on any atom is 0.117 e. The maximum absolute atomic E-state index is 9.93. The highest BCUT2D eigenvalue weighted by atomic mass is 16.5. The average Bonchev–Trinajstić information content (AvgIpc) is 3.08. The van der Waals surface area contributed by atoms with Gasteiger partial charge in [-0.05, 0) is 18.9 Å². The van der Waals surface area contributed by atoms with Crippen LogP contribution in [-0.2, 0) is 9.47 Å². The van der Waals surface area contributed by atoms with Crippen LogP contribution in [0.15, 0.2) is 12.3 Å². The number of aliphatic hydroxyl groups is 3. The second kappa shape index (κ2) is 19.1. The molecule has 178 valence electrons. The van der Waals surface area contributed by atoms with Crippen LogP contribution in [0.2, 0.25) is 0 Å². The van der Waals surface area contributed by atoms with Crippen molar-refractivity contribution in [3.05, 3.63) is 12.3 Å². The molecule has 0 spiro atoms. The molecule has 5 heteroatoms. The summed E-state index contributed by atoms with van der Waals surface area (Å²) >= 11 is 0. The minimum Gasteiger partial charge on any atom is -0.499 e. The first kappa shape index (κ1) is 27.4. The lowest BCUT2D eigenvalue weighted by Crippen LogP contribution is -2.40. The molecule has 0 amide bonds. The molecule has 0 aliphatic carbocycles. The van der Waals surface area contributed by atoms with Gasteiger partial charge in [0.2, 0.25) is 0 Å². The van der Waals surface area contributed by atoms with Crippen LogP contribution in [0.5, 0.6) is 0 Å². The minimum absolute atomic E-state index is 0.0535. The summed E-state index contributed by atoms with van der Waals surface area (Å²) in [4.78, 5) is 0. The normalized spacial score (nSPS) is 22.7. The monoisotopic (exact) mass is 428 g/mol. The zero-order chi connectivity index (χ0) is 21.9. The third-order valence-corrected chi connectivity index (χ3v) is 6.00. The smallest absolute Gasteiger partial charge is 0.117 e. The molecule has 0 radical (unpaired) electrons. The van der Waals surface area contributed by atoms with Crippen LogP contribution in [0.4, 0.5) is 0 Å².